The Morgan fingerprint density at radius 2 is 1.67 bits per heavy atom. The molecule has 158 valence electrons. The molecule has 1 aliphatic heterocycles. The van der Waals surface area contributed by atoms with Gasteiger partial charge < -0.3 is 5.32 Å². The highest BCUT2D eigenvalue weighted by atomic mass is 35.5. The van der Waals surface area contributed by atoms with Crippen molar-refractivity contribution in [2.45, 2.75) is 69.9 Å². The van der Waals surface area contributed by atoms with Gasteiger partial charge in [-0.25, -0.2) is 0 Å². The first-order chi connectivity index (χ1) is 14.4. The van der Waals surface area contributed by atoms with Crippen LogP contribution in [0, 0.1) is 0 Å². The summed E-state index contributed by atoms with van der Waals surface area (Å²) in [5, 5.41) is 3.87. The van der Waals surface area contributed by atoms with Crippen molar-refractivity contribution in [3.05, 3.63) is 64.7 Å². The Balaban J connectivity index is 1.73. The molecule has 1 unspecified atom stereocenters. The predicted octanol–water partition coefficient (Wildman–Crippen LogP) is 5.54. The van der Waals surface area contributed by atoms with Gasteiger partial charge in [0, 0.05) is 16.8 Å². The number of hydrogen-bond donors (Lipinski definition) is 1. The van der Waals surface area contributed by atoms with Gasteiger partial charge >= 0.3 is 0 Å². The van der Waals surface area contributed by atoms with Crippen molar-refractivity contribution in [2.75, 3.05) is 4.90 Å². The first kappa shape index (κ1) is 20.9. The molecule has 2 fully saturated rings. The van der Waals surface area contributed by atoms with Gasteiger partial charge in [0.2, 0.25) is 5.91 Å². The van der Waals surface area contributed by atoms with Gasteiger partial charge in [-0.3, -0.25) is 14.5 Å². The van der Waals surface area contributed by atoms with Crippen molar-refractivity contribution >= 4 is 29.1 Å². The van der Waals surface area contributed by atoms with Gasteiger partial charge in [-0.2, -0.15) is 0 Å². The van der Waals surface area contributed by atoms with E-state index in [-0.39, 0.29) is 24.3 Å². The van der Waals surface area contributed by atoms with Crippen molar-refractivity contribution < 1.29 is 9.59 Å². The van der Waals surface area contributed by atoms with E-state index in [1.54, 1.807) is 17.0 Å². The molecule has 0 aromatic heterocycles. The topological polar surface area (TPSA) is 49.4 Å². The molecule has 30 heavy (non-hydrogen) atoms. The van der Waals surface area contributed by atoms with E-state index in [1.807, 2.05) is 24.3 Å². The quantitative estimate of drug-likeness (QED) is 0.640. The van der Waals surface area contributed by atoms with E-state index >= 15 is 0 Å². The summed E-state index contributed by atoms with van der Waals surface area (Å²) in [6.45, 7) is 4.29. The van der Waals surface area contributed by atoms with Gasteiger partial charge in [0.1, 0.15) is 0 Å². The Hall–Kier alpha value is -2.33. The molecule has 2 amide bonds. The number of carbonyl (C=O) groups is 2. The predicted molar refractivity (Wildman–Crippen MR) is 121 cm³/mol. The van der Waals surface area contributed by atoms with Gasteiger partial charge in [-0.1, -0.05) is 69.0 Å². The number of nitrogens with one attached hydrogen (secondary N) is 1. The second kappa shape index (κ2) is 8.43. The third kappa shape index (κ3) is 3.74. The summed E-state index contributed by atoms with van der Waals surface area (Å²) in [7, 11) is 0. The number of nitrogens with zero attached hydrogens (tertiary/aromatic N) is 1. The Bertz CT molecular complexity index is 917. The zero-order valence-electron chi connectivity index (χ0n) is 17.7. The zero-order valence-corrected chi connectivity index (χ0v) is 18.4. The van der Waals surface area contributed by atoms with Crippen LogP contribution in [0.1, 0.15) is 69.4 Å². The number of rotatable bonds is 5. The van der Waals surface area contributed by atoms with E-state index in [4.69, 9.17) is 11.6 Å². The minimum absolute atomic E-state index is 0.0518. The molecule has 0 bridgehead atoms. The lowest BCUT2D eigenvalue weighted by molar-refractivity contribution is -0.141. The second-order valence-corrected chi connectivity index (χ2v) is 9.26. The number of halogens is 1. The number of benzene rings is 2. The van der Waals surface area contributed by atoms with Crippen molar-refractivity contribution in [1.29, 1.82) is 0 Å². The third-order valence-corrected chi connectivity index (χ3v) is 6.75. The highest BCUT2D eigenvalue weighted by molar-refractivity contribution is 6.30. The fraction of sp³-hybridized carbons (Fsp3) is 0.440. The first-order valence-corrected chi connectivity index (χ1v) is 11.3. The summed E-state index contributed by atoms with van der Waals surface area (Å²) >= 11 is 6.06. The van der Waals surface area contributed by atoms with Crippen LogP contribution in [0.15, 0.2) is 48.5 Å². The maximum Gasteiger partial charge on any atom is 0.251 e. The summed E-state index contributed by atoms with van der Waals surface area (Å²) in [4.78, 5) is 28.1. The number of β-lactam (4-membered cyclic amide) rings is 1. The van der Waals surface area contributed by atoms with Crippen LogP contribution >= 0.6 is 11.6 Å². The lowest BCUT2D eigenvalue weighted by Crippen LogP contribution is -2.69. The average molecular weight is 425 g/mol. The third-order valence-electron chi connectivity index (χ3n) is 6.49. The summed E-state index contributed by atoms with van der Waals surface area (Å²) in [6, 6.07) is 15.5. The molecule has 1 N–H and O–H groups in total. The van der Waals surface area contributed by atoms with Crippen molar-refractivity contribution in [1.82, 2.24) is 5.32 Å². The highest BCUT2D eigenvalue weighted by Gasteiger charge is 2.58. The molecule has 5 heteroatoms. The largest absolute Gasteiger partial charge is 0.351 e. The lowest BCUT2D eigenvalue weighted by atomic mass is 9.75. The van der Waals surface area contributed by atoms with Crippen LogP contribution in [0.3, 0.4) is 0 Å². The maximum absolute atomic E-state index is 13.7. The van der Waals surface area contributed by atoms with Crippen molar-refractivity contribution in [3.63, 3.8) is 0 Å². The second-order valence-electron chi connectivity index (χ2n) is 8.83. The van der Waals surface area contributed by atoms with E-state index in [0.29, 0.717) is 16.6 Å². The number of amides is 2. The summed E-state index contributed by atoms with van der Waals surface area (Å²) in [6.07, 6.45) is 5.69. The lowest BCUT2D eigenvalue weighted by Gasteiger charge is -2.51. The van der Waals surface area contributed by atoms with Crippen LogP contribution in [0.4, 0.5) is 5.69 Å². The summed E-state index contributed by atoms with van der Waals surface area (Å²) < 4.78 is 0. The van der Waals surface area contributed by atoms with Crippen molar-refractivity contribution in [3.8, 4) is 0 Å². The fourth-order valence-electron chi connectivity index (χ4n) is 4.69. The maximum atomic E-state index is 13.7. The van der Waals surface area contributed by atoms with E-state index in [2.05, 4.69) is 31.3 Å². The molecule has 4 rings (SSSR count). The number of carbonyl (C=O) groups excluding carboxylic acids is 2. The monoisotopic (exact) mass is 424 g/mol. The Labute approximate surface area is 183 Å². The molecule has 2 aromatic rings. The zero-order chi connectivity index (χ0) is 21.3. The van der Waals surface area contributed by atoms with Gasteiger partial charge in [0.15, 0.2) is 5.54 Å². The number of anilines is 1. The molecular weight excluding hydrogens is 396 g/mol. The molecule has 1 saturated carbocycles. The van der Waals surface area contributed by atoms with Gasteiger partial charge in [-0.05, 0) is 54.2 Å². The molecule has 1 heterocycles. The smallest absolute Gasteiger partial charge is 0.251 e. The molecular formula is C25H29ClN2O2. The Kier molecular flexibility index (Phi) is 5.88. The van der Waals surface area contributed by atoms with Crippen LogP contribution < -0.4 is 10.2 Å². The van der Waals surface area contributed by atoms with Crippen LogP contribution in [0.5, 0.6) is 0 Å². The van der Waals surface area contributed by atoms with Gasteiger partial charge in [0.05, 0.1) is 6.42 Å². The molecule has 1 atom stereocenters. The molecule has 4 nitrogen and oxygen atoms in total. The summed E-state index contributed by atoms with van der Waals surface area (Å²) in [5.74, 6) is 0.270. The van der Waals surface area contributed by atoms with Crippen LogP contribution in [0.2, 0.25) is 5.02 Å². The van der Waals surface area contributed by atoms with Crippen molar-refractivity contribution in [2.24, 2.45) is 0 Å². The summed E-state index contributed by atoms with van der Waals surface area (Å²) in [5.41, 5.74) is 1.75. The van der Waals surface area contributed by atoms with E-state index in [0.717, 1.165) is 31.2 Å². The Morgan fingerprint density at radius 1 is 1.03 bits per heavy atom. The van der Waals surface area contributed by atoms with Gasteiger partial charge in [0.25, 0.3) is 5.91 Å². The average Bonchev–Trinajstić information content (AvgIpc) is 2.74. The van der Waals surface area contributed by atoms with Crippen LogP contribution in [0.25, 0.3) is 0 Å². The fourth-order valence-corrected chi connectivity index (χ4v) is 4.82. The van der Waals surface area contributed by atoms with Gasteiger partial charge in [-0.15, -0.1) is 0 Å². The van der Waals surface area contributed by atoms with Crippen LogP contribution in [-0.2, 0) is 15.1 Å². The number of hydrogen-bond acceptors (Lipinski definition) is 2. The molecule has 0 radical (unpaired) electrons. The normalized spacial score (nSPS) is 22.1. The standard InChI is InChI=1S/C25H29ClN2O2/c1-17(2)18-8-10-19(11-9-18)25(24(30)27-21-6-4-3-5-7-21)16-23(29)28(25)22-14-12-20(26)13-15-22/h8-15,17,21H,3-7,16H2,1-2H3,(H,27,30). The minimum Gasteiger partial charge on any atom is -0.351 e. The van der Waals surface area contributed by atoms with E-state index in [1.165, 1.54) is 12.0 Å². The van der Waals surface area contributed by atoms with Crippen LogP contribution in [-0.4, -0.2) is 17.9 Å². The molecule has 2 aliphatic rings. The van der Waals surface area contributed by atoms with E-state index in [9.17, 15) is 9.59 Å². The Morgan fingerprint density at radius 3 is 2.23 bits per heavy atom. The van der Waals surface area contributed by atoms with E-state index < -0.39 is 5.54 Å². The SMILES string of the molecule is CC(C)c1ccc(C2(C(=O)NC3CCCCC3)CC(=O)N2c2ccc(Cl)cc2)cc1. The molecule has 1 aliphatic carbocycles. The highest BCUT2D eigenvalue weighted by Crippen LogP contribution is 2.46. The molecule has 1 saturated heterocycles. The first-order valence-electron chi connectivity index (χ1n) is 10.9. The minimum atomic E-state index is -1.02. The molecule has 2 aromatic carbocycles. The molecule has 0 spiro atoms.